The maximum absolute atomic E-state index is 13.8. The van der Waals surface area contributed by atoms with Crippen LogP contribution in [0, 0.1) is 19.8 Å². The Kier molecular flexibility index (Phi) is 6.98. The second-order valence-corrected chi connectivity index (χ2v) is 12.4. The predicted octanol–water partition coefficient (Wildman–Crippen LogP) is 5.18. The van der Waals surface area contributed by atoms with Gasteiger partial charge in [0.15, 0.2) is 0 Å². The van der Waals surface area contributed by atoms with E-state index in [1.807, 2.05) is 37.3 Å². The summed E-state index contributed by atoms with van der Waals surface area (Å²) in [5.74, 6) is -1.63. The first-order chi connectivity index (χ1) is 15.3. The van der Waals surface area contributed by atoms with Crippen LogP contribution in [0.4, 0.5) is 0 Å². The van der Waals surface area contributed by atoms with Crippen LogP contribution in [-0.4, -0.2) is 40.8 Å². The summed E-state index contributed by atoms with van der Waals surface area (Å²) < 4.78 is 29.1. The lowest BCUT2D eigenvalue weighted by molar-refractivity contribution is -0.143. The quantitative estimate of drug-likeness (QED) is 0.625. The fraction of sp³-hybridized carbons (Fsp3) is 0.480. The topological polar surface area (TPSA) is 74.7 Å². The Morgan fingerprint density at radius 1 is 1.03 bits per heavy atom. The lowest BCUT2D eigenvalue weighted by Gasteiger charge is -2.42. The zero-order valence-electron chi connectivity index (χ0n) is 18.6. The molecule has 7 heteroatoms. The SMILES string of the molecule is Cc1ccc([C@@H]2C[C@@H](SC3CCCC3)[C@H](C(=O)O)CN2S(=O)(=O)c2ccccc2C)cc1. The third-order valence-corrected chi connectivity index (χ3v) is 10.5. The van der Waals surface area contributed by atoms with Crippen LogP contribution in [0.1, 0.15) is 54.8 Å². The van der Waals surface area contributed by atoms with E-state index in [9.17, 15) is 18.3 Å². The molecule has 0 radical (unpaired) electrons. The van der Waals surface area contributed by atoms with Crippen LogP contribution in [0.3, 0.4) is 0 Å². The molecule has 1 heterocycles. The normalized spacial score (nSPS) is 25.1. The molecule has 0 amide bonds. The largest absolute Gasteiger partial charge is 0.481 e. The summed E-state index contributed by atoms with van der Waals surface area (Å²) in [5.41, 5.74) is 2.70. The molecule has 0 unspecified atom stereocenters. The number of benzene rings is 2. The number of thioether (sulfide) groups is 1. The molecular formula is C25H31NO4S2. The molecule has 1 saturated heterocycles. The third kappa shape index (κ3) is 4.75. The van der Waals surface area contributed by atoms with E-state index in [4.69, 9.17) is 0 Å². The van der Waals surface area contributed by atoms with Crippen LogP contribution >= 0.6 is 11.8 Å². The Morgan fingerprint density at radius 3 is 2.31 bits per heavy atom. The Morgan fingerprint density at radius 2 is 1.69 bits per heavy atom. The average Bonchev–Trinajstić information content (AvgIpc) is 3.27. The molecule has 172 valence electrons. The molecule has 1 N–H and O–H groups in total. The Labute approximate surface area is 195 Å². The zero-order chi connectivity index (χ0) is 22.9. The van der Waals surface area contributed by atoms with E-state index in [-0.39, 0.29) is 22.7 Å². The van der Waals surface area contributed by atoms with Crippen LogP contribution in [0.5, 0.6) is 0 Å². The van der Waals surface area contributed by atoms with Crippen LogP contribution in [0.15, 0.2) is 53.4 Å². The Balaban J connectivity index is 1.74. The number of rotatable bonds is 6. The van der Waals surface area contributed by atoms with Crippen LogP contribution < -0.4 is 0 Å². The molecule has 2 aromatic rings. The highest BCUT2D eigenvalue weighted by atomic mass is 32.2. The van der Waals surface area contributed by atoms with Crippen molar-refractivity contribution in [2.75, 3.05) is 6.54 Å². The van der Waals surface area contributed by atoms with Gasteiger partial charge in [0.2, 0.25) is 10.0 Å². The molecule has 0 aromatic heterocycles. The summed E-state index contributed by atoms with van der Waals surface area (Å²) in [6, 6.07) is 14.5. The van der Waals surface area contributed by atoms with Gasteiger partial charge in [0.05, 0.1) is 16.9 Å². The highest BCUT2D eigenvalue weighted by Crippen LogP contribution is 2.45. The van der Waals surface area contributed by atoms with Crippen LogP contribution in [0.25, 0.3) is 0 Å². The fourth-order valence-electron chi connectivity index (χ4n) is 4.93. The number of carbonyl (C=O) groups is 1. The molecule has 1 aliphatic carbocycles. The monoisotopic (exact) mass is 473 g/mol. The molecular weight excluding hydrogens is 442 g/mol. The summed E-state index contributed by atoms with van der Waals surface area (Å²) in [6.45, 7) is 3.78. The van der Waals surface area contributed by atoms with Crippen molar-refractivity contribution in [3.8, 4) is 0 Å². The third-order valence-electron chi connectivity index (χ3n) is 6.76. The Hall–Kier alpha value is -1.83. The average molecular weight is 474 g/mol. The number of hydrogen-bond acceptors (Lipinski definition) is 4. The second-order valence-electron chi connectivity index (χ2n) is 9.03. The first-order valence-corrected chi connectivity index (χ1v) is 13.7. The van der Waals surface area contributed by atoms with Crippen molar-refractivity contribution in [1.82, 2.24) is 4.31 Å². The maximum Gasteiger partial charge on any atom is 0.308 e. The van der Waals surface area contributed by atoms with Crippen molar-refractivity contribution in [3.05, 3.63) is 65.2 Å². The number of aliphatic carboxylic acids is 1. The van der Waals surface area contributed by atoms with E-state index >= 15 is 0 Å². The van der Waals surface area contributed by atoms with Gasteiger partial charge in [0.1, 0.15) is 0 Å². The molecule has 5 nitrogen and oxygen atoms in total. The number of carboxylic acids is 1. The summed E-state index contributed by atoms with van der Waals surface area (Å²) >= 11 is 1.78. The number of aryl methyl sites for hydroxylation is 2. The molecule has 1 saturated carbocycles. The van der Waals surface area contributed by atoms with Gasteiger partial charge >= 0.3 is 5.97 Å². The molecule has 0 bridgehead atoms. The molecule has 2 aliphatic rings. The highest BCUT2D eigenvalue weighted by Gasteiger charge is 2.46. The summed E-state index contributed by atoms with van der Waals surface area (Å²) in [7, 11) is -3.86. The van der Waals surface area contributed by atoms with E-state index in [2.05, 4.69) is 0 Å². The number of carboxylic acid groups (broad SMARTS) is 1. The van der Waals surface area contributed by atoms with Gasteiger partial charge in [-0.15, -0.1) is 0 Å². The Bertz CT molecular complexity index is 1060. The van der Waals surface area contributed by atoms with E-state index in [0.29, 0.717) is 17.2 Å². The standard InChI is InChI=1S/C25H31NO4S2/c1-17-11-13-19(14-12-17)22-15-23(31-20-8-4-5-9-20)21(25(27)28)16-26(22)32(29,30)24-10-6-3-7-18(24)2/h3,6-7,10-14,20-23H,4-5,8-9,15-16H2,1-2H3,(H,27,28)/t21-,22+,23-/m1/s1. The molecule has 4 rings (SSSR count). The smallest absolute Gasteiger partial charge is 0.308 e. The second kappa shape index (κ2) is 9.57. The molecule has 1 aliphatic heterocycles. The van der Waals surface area contributed by atoms with Crippen molar-refractivity contribution in [1.29, 1.82) is 0 Å². The number of hydrogen-bond donors (Lipinski definition) is 1. The molecule has 2 fully saturated rings. The first-order valence-electron chi connectivity index (χ1n) is 11.3. The number of sulfonamides is 1. The van der Waals surface area contributed by atoms with E-state index < -0.39 is 21.9 Å². The van der Waals surface area contributed by atoms with Gasteiger partial charge < -0.3 is 5.11 Å². The molecule has 2 aromatic carbocycles. The van der Waals surface area contributed by atoms with Crippen LogP contribution in [-0.2, 0) is 14.8 Å². The van der Waals surface area contributed by atoms with Gasteiger partial charge in [0.25, 0.3) is 0 Å². The molecule has 32 heavy (non-hydrogen) atoms. The summed E-state index contributed by atoms with van der Waals surface area (Å²) in [6.07, 6.45) is 5.13. The van der Waals surface area contributed by atoms with Gasteiger partial charge in [-0.2, -0.15) is 16.1 Å². The van der Waals surface area contributed by atoms with Crippen molar-refractivity contribution >= 4 is 27.8 Å². The summed E-state index contributed by atoms with van der Waals surface area (Å²) in [5, 5.41) is 10.4. The van der Waals surface area contributed by atoms with Gasteiger partial charge in [-0.05, 0) is 50.3 Å². The lowest BCUT2D eigenvalue weighted by Crippen LogP contribution is -2.49. The van der Waals surface area contributed by atoms with Gasteiger partial charge in [-0.25, -0.2) is 8.42 Å². The molecule has 3 atom stereocenters. The summed E-state index contributed by atoms with van der Waals surface area (Å²) in [4.78, 5) is 12.5. The van der Waals surface area contributed by atoms with Crippen molar-refractivity contribution in [2.45, 2.75) is 67.4 Å². The van der Waals surface area contributed by atoms with Gasteiger partial charge in [0, 0.05) is 17.0 Å². The van der Waals surface area contributed by atoms with Crippen molar-refractivity contribution in [2.24, 2.45) is 5.92 Å². The van der Waals surface area contributed by atoms with Gasteiger partial charge in [-0.1, -0.05) is 60.9 Å². The van der Waals surface area contributed by atoms with Gasteiger partial charge in [-0.3, -0.25) is 4.79 Å². The predicted molar refractivity (Wildman–Crippen MR) is 128 cm³/mol. The van der Waals surface area contributed by atoms with E-state index in [1.165, 1.54) is 17.1 Å². The van der Waals surface area contributed by atoms with Crippen molar-refractivity contribution < 1.29 is 18.3 Å². The van der Waals surface area contributed by atoms with E-state index in [1.54, 1.807) is 36.9 Å². The number of piperidine rings is 1. The zero-order valence-corrected chi connectivity index (χ0v) is 20.2. The minimum atomic E-state index is -3.86. The van der Waals surface area contributed by atoms with E-state index in [0.717, 1.165) is 24.0 Å². The maximum atomic E-state index is 13.8. The molecule has 0 spiro atoms. The van der Waals surface area contributed by atoms with Crippen LogP contribution in [0.2, 0.25) is 0 Å². The minimum absolute atomic E-state index is 0.00503. The lowest BCUT2D eigenvalue weighted by atomic mass is 9.90. The number of nitrogens with zero attached hydrogens (tertiary/aromatic N) is 1. The highest BCUT2D eigenvalue weighted by molar-refractivity contribution is 8.00. The first kappa shape index (κ1) is 23.3. The minimum Gasteiger partial charge on any atom is -0.481 e. The fourth-order valence-corrected chi connectivity index (χ4v) is 8.59. The van der Waals surface area contributed by atoms with Crippen molar-refractivity contribution in [3.63, 3.8) is 0 Å².